The minimum absolute atomic E-state index is 0.365. The molecule has 80 valence electrons. The molecular weight excluding hydrogens is 164 g/mol. The highest BCUT2D eigenvalue weighted by atomic mass is 16.7. The summed E-state index contributed by atoms with van der Waals surface area (Å²) in [4.78, 5) is 0. The van der Waals surface area contributed by atoms with Crippen LogP contribution in [-0.2, 0) is 9.47 Å². The number of unbranched alkanes of at least 4 members (excludes halogenated alkanes) is 1. The van der Waals surface area contributed by atoms with Gasteiger partial charge >= 0.3 is 0 Å². The highest BCUT2D eigenvalue weighted by Gasteiger charge is 2.08. The van der Waals surface area contributed by atoms with Gasteiger partial charge in [-0.15, -0.1) is 0 Å². The molecule has 0 saturated heterocycles. The summed E-state index contributed by atoms with van der Waals surface area (Å²) in [5.74, 6) is 0. The van der Waals surface area contributed by atoms with Crippen LogP contribution in [0.3, 0.4) is 0 Å². The van der Waals surface area contributed by atoms with Crippen molar-refractivity contribution in [2.45, 2.75) is 47.0 Å². The zero-order chi connectivity index (χ0) is 10.2. The first-order valence-electron chi connectivity index (χ1n) is 5.22. The lowest BCUT2D eigenvalue weighted by Gasteiger charge is -2.17. The zero-order valence-corrected chi connectivity index (χ0v) is 9.56. The molecule has 0 aromatic carbocycles. The van der Waals surface area contributed by atoms with Crippen molar-refractivity contribution in [3.8, 4) is 0 Å². The molecule has 2 nitrogen and oxygen atoms in total. The van der Waals surface area contributed by atoms with E-state index in [1.807, 2.05) is 0 Å². The number of hydrogen-bond acceptors (Lipinski definition) is 2. The van der Waals surface area contributed by atoms with Crippen LogP contribution in [0, 0.1) is 5.41 Å². The Morgan fingerprint density at radius 2 is 1.62 bits per heavy atom. The van der Waals surface area contributed by atoms with E-state index in [1.165, 1.54) is 6.42 Å². The van der Waals surface area contributed by atoms with Crippen molar-refractivity contribution in [1.29, 1.82) is 0 Å². The SMILES string of the molecule is CCCCOCOCCC(C)(C)C. The van der Waals surface area contributed by atoms with E-state index in [9.17, 15) is 0 Å². The molecule has 0 unspecified atom stereocenters. The van der Waals surface area contributed by atoms with Crippen LogP contribution in [0.5, 0.6) is 0 Å². The molecule has 0 atom stereocenters. The van der Waals surface area contributed by atoms with Gasteiger partial charge in [-0.1, -0.05) is 34.1 Å². The lowest BCUT2D eigenvalue weighted by atomic mass is 9.93. The minimum Gasteiger partial charge on any atom is -0.355 e. The van der Waals surface area contributed by atoms with Gasteiger partial charge in [0.05, 0.1) is 0 Å². The summed E-state index contributed by atoms with van der Waals surface area (Å²) in [5, 5.41) is 0. The van der Waals surface area contributed by atoms with Crippen molar-refractivity contribution in [3.63, 3.8) is 0 Å². The second-order valence-corrected chi connectivity index (χ2v) is 4.60. The molecule has 0 fully saturated rings. The molecule has 0 aliphatic carbocycles. The smallest absolute Gasteiger partial charge is 0.146 e. The lowest BCUT2D eigenvalue weighted by Crippen LogP contribution is -2.11. The molecule has 0 bridgehead atoms. The number of ether oxygens (including phenoxy) is 2. The third-order valence-corrected chi connectivity index (χ3v) is 1.81. The van der Waals surface area contributed by atoms with Gasteiger partial charge in [-0.25, -0.2) is 0 Å². The second kappa shape index (κ2) is 7.34. The predicted octanol–water partition coefficient (Wildman–Crippen LogP) is 3.21. The molecule has 0 spiro atoms. The van der Waals surface area contributed by atoms with Gasteiger partial charge in [-0.3, -0.25) is 0 Å². The summed E-state index contributed by atoms with van der Waals surface area (Å²) >= 11 is 0. The fourth-order valence-electron chi connectivity index (χ4n) is 0.802. The Bertz CT molecular complexity index is 105. The van der Waals surface area contributed by atoms with Crippen LogP contribution in [0.2, 0.25) is 0 Å². The standard InChI is InChI=1S/C11H24O2/c1-5-6-8-12-10-13-9-7-11(2,3)4/h5-10H2,1-4H3. The van der Waals surface area contributed by atoms with Gasteiger partial charge in [-0.05, 0) is 18.3 Å². The van der Waals surface area contributed by atoms with Crippen LogP contribution in [0.15, 0.2) is 0 Å². The van der Waals surface area contributed by atoms with E-state index < -0.39 is 0 Å². The van der Waals surface area contributed by atoms with Crippen molar-refractivity contribution in [2.24, 2.45) is 5.41 Å². The van der Waals surface area contributed by atoms with Gasteiger partial charge in [0.25, 0.3) is 0 Å². The summed E-state index contributed by atoms with van der Waals surface area (Å²) < 4.78 is 10.6. The molecule has 0 aromatic heterocycles. The van der Waals surface area contributed by atoms with Crippen LogP contribution < -0.4 is 0 Å². The molecule has 2 heteroatoms. The van der Waals surface area contributed by atoms with Crippen molar-refractivity contribution in [1.82, 2.24) is 0 Å². The largest absolute Gasteiger partial charge is 0.355 e. The molecule has 0 amide bonds. The summed E-state index contributed by atoms with van der Waals surface area (Å²) in [7, 11) is 0. The Balaban J connectivity index is 3.00. The number of hydrogen-bond donors (Lipinski definition) is 0. The molecule has 0 saturated carbocycles. The lowest BCUT2D eigenvalue weighted by molar-refractivity contribution is -0.0599. The van der Waals surface area contributed by atoms with Crippen molar-refractivity contribution in [2.75, 3.05) is 20.0 Å². The van der Waals surface area contributed by atoms with Gasteiger partial charge in [0, 0.05) is 13.2 Å². The van der Waals surface area contributed by atoms with E-state index in [1.54, 1.807) is 0 Å². The Labute approximate surface area is 82.6 Å². The van der Waals surface area contributed by atoms with Crippen LogP contribution in [-0.4, -0.2) is 20.0 Å². The Morgan fingerprint density at radius 1 is 1.00 bits per heavy atom. The first-order chi connectivity index (χ1) is 6.06. The van der Waals surface area contributed by atoms with Gasteiger partial charge < -0.3 is 9.47 Å². The third-order valence-electron chi connectivity index (χ3n) is 1.81. The number of rotatable bonds is 7. The highest BCUT2D eigenvalue weighted by molar-refractivity contribution is 4.59. The Kier molecular flexibility index (Phi) is 7.29. The van der Waals surface area contributed by atoms with Gasteiger partial charge in [-0.2, -0.15) is 0 Å². The predicted molar refractivity (Wildman–Crippen MR) is 55.8 cm³/mol. The third kappa shape index (κ3) is 11.9. The summed E-state index contributed by atoms with van der Waals surface area (Å²) in [5.41, 5.74) is 0.365. The Morgan fingerprint density at radius 3 is 2.15 bits per heavy atom. The van der Waals surface area contributed by atoms with Gasteiger partial charge in [0.1, 0.15) is 6.79 Å². The van der Waals surface area contributed by atoms with Gasteiger partial charge in [0.15, 0.2) is 0 Å². The van der Waals surface area contributed by atoms with Gasteiger partial charge in [0.2, 0.25) is 0 Å². The molecule has 0 rings (SSSR count). The fraction of sp³-hybridized carbons (Fsp3) is 1.00. The van der Waals surface area contributed by atoms with E-state index in [-0.39, 0.29) is 0 Å². The monoisotopic (exact) mass is 188 g/mol. The first-order valence-corrected chi connectivity index (χ1v) is 5.22. The van der Waals surface area contributed by atoms with E-state index in [2.05, 4.69) is 27.7 Å². The molecule has 0 N–H and O–H groups in total. The molecular formula is C11H24O2. The molecule has 0 aliphatic rings. The molecule has 0 aromatic rings. The van der Waals surface area contributed by atoms with Crippen molar-refractivity contribution in [3.05, 3.63) is 0 Å². The summed E-state index contributed by atoms with van der Waals surface area (Å²) in [6.45, 7) is 10.9. The van der Waals surface area contributed by atoms with E-state index in [4.69, 9.17) is 9.47 Å². The maximum atomic E-state index is 5.33. The first kappa shape index (κ1) is 12.9. The maximum absolute atomic E-state index is 5.33. The Hall–Kier alpha value is -0.0800. The van der Waals surface area contributed by atoms with Crippen molar-refractivity contribution < 1.29 is 9.47 Å². The highest BCUT2D eigenvalue weighted by Crippen LogP contribution is 2.17. The molecule has 13 heavy (non-hydrogen) atoms. The van der Waals surface area contributed by atoms with Crippen LogP contribution in [0.25, 0.3) is 0 Å². The average Bonchev–Trinajstić information content (AvgIpc) is 2.01. The van der Waals surface area contributed by atoms with Crippen LogP contribution >= 0.6 is 0 Å². The van der Waals surface area contributed by atoms with E-state index in [0.29, 0.717) is 12.2 Å². The average molecular weight is 188 g/mol. The minimum atomic E-state index is 0.365. The normalized spacial score (nSPS) is 12.0. The summed E-state index contributed by atoms with van der Waals surface area (Å²) in [6, 6.07) is 0. The van der Waals surface area contributed by atoms with Crippen LogP contribution in [0.4, 0.5) is 0 Å². The van der Waals surface area contributed by atoms with Crippen molar-refractivity contribution >= 4 is 0 Å². The topological polar surface area (TPSA) is 18.5 Å². The maximum Gasteiger partial charge on any atom is 0.146 e. The fourth-order valence-corrected chi connectivity index (χ4v) is 0.802. The molecule has 0 heterocycles. The summed E-state index contributed by atoms with van der Waals surface area (Å²) in [6.07, 6.45) is 3.40. The van der Waals surface area contributed by atoms with Crippen LogP contribution in [0.1, 0.15) is 47.0 Å². The molecule has 0 radical (unpaired) electrons. The zero-order valence-electron chi connectivity index (χ0n) is 9.56. The second-order valence-electron chi connectivity index (χ2n) is 4.60. The van der Waals surface area contributed by atoms with E-state index in [0.717, 1.165) is 26.1 Å². The van der Waals surface area contributed by atoms with E-state index >= 15 is 0 Å². The quantitative estimate of drug-likeness (QED) is 0.451. The molecule has 0 aliphatic heterocycles.